The lowest BCUT2D eigenvalue weighted by Crippen LogP contribution is -2.41. The number of pyridine rings is 1. The number of nitrogens with zero attached hydrogens (tertiary/aromatic N) is 1. The minimum atomic E-state index is -2.92. The van der Waals surface area contributed by atoms with Crippen LogP contribution in [0.3, 0.4) is 0 Å². The number of nitrogens with one attached hydrogen (secondary N) is 1. The minimum absolute atomic E-state index is 0.0537. The van der Waals surface area contributed by atoms with E-state index in [1.54, 1.807) is 6.20 Å². The van der Waals surface area contributed by atoms with Crippen molar-refractivity contribution in [3.8, 4) is 0 Å². The lowest BCUT2D eigenvalue weighted by Gasteiger charge is -2.26. The fourth-order valence-electron chi connectivity index (χ4n) is 2.27. The molecule has 2 atom stereocenters. The van der Waals surface area contributed by atoms with Crippen molar-refractivity contribution in [2.75, 3.05) is 11.5 Å². The van der Waals surface area contributed by atoms with Gasteiger partial charge < -0.3 is 5.32 Å². The van der Waals surface area contributed by atoms with E-state index < -0.39 is 9.84 Å². The maximum atomic E-state index is 13.0. The maximum absolute atomic E-state index is 13.0. The fourth-order valence-corrected chi connectivity index (χ4v) is 3.92. The monoisotopic (exact) mass is 272 g/mol. The highest BCUT2D eigenvalue weighted by Gasteiger charge is 2.25. The van der Waals surface area contributed by atoms with E-state index in [1.807, 2.05) is 6.92 Å². The third-order valence-corrected chi connectivity index (χ3v) is 5.00. The van der Waals surface area contributed by atoms with Crippen LogP contribution in [0.1, 0.15) is 31.4 Å². The summed E-state index contributed by atoms with van der Waals surface area (Å²) in [4.78, 5) is 3.79. The molecule has 2 heterocycles. The minimum Gasteiger partial charge on any atom is -0.306 e. The first-order chi connectivity index (χ1) is 8.46. The molecule has 1 aromatic heterocycles. The van der Waals surface area contributed by atoms with E-state index in [0.717, 1.165) is 18.2 Å². The third-order valence-electron chi connectivity index (χ3n) is 3.17. The molecule has 100 valence electrons. The summed E-state index contributed by atoms with van der Waals surface area (Å²) in [5.74, 6) is 0.0682. The molecule has 6 heteroatoms. The molecule has 0 amide bonds. The predicted octanol–water partition coefficient (Wildman–Crippen LogP) is 1.45. The molecule has 0 radical (unpaired) electrons. The van der Waals surface area contributed by atoms with Gasteiger partial charge >= 0.3 is 0 Å². The quantitative estimate of drug-likeness (QED) is 0.904. The van der Waals surface area contributed by atoms with Gasteiger partial charge in [0.1, 0.15) is 5.82 Å². The Kier molecular flexibility index (Phi) is 3.97. The number of halogens is 1. The van der Waals surface area contributed by atoms with Crippen molar-refractivity contribution in [1.82, 2.24) is 10.3 Å². The molecule has 1 aromatic rings. The standard InChI is InChI=1S/C12H17FN2O2S/c1-9(10-5-11(13)7-14-6-10)15-12-3-2-4-18(16,17)8-12/h5-7,9,12,15H,2-4,8H2,1H3. The molecule has 1 aliphatic heterocycles. The molecule has 0 aromatic carbocycles. The Morgan fingerprint density at radius 3 is 2.94 bits per heavy atom. The fraction of sp³-hybridized carbons (Fsp3) is 0.583. The molecule has 1 N–H and O–H groups in total. The lowest BCUT2D eigenvalue weighted by molar-refractivity contribution is 0.435. The Labute approximate surface area is 107 Å². The molecule has 4 nitrogen and oxygen atoms in total. The van der Waals surface area contributed by atoms with E-state index in [2.05, 4.69) is 10.3 Å². The van der Waals surface area contributed by atoms with E-state index in [-0.39, 0.29) is 29.4 Å². The number of hydrogen-bond donors (Lipinski definition) is 1. The maximum Gasteiger partial charge on any atom is 0.151 e. The largest absolute Gasteiger partial charge is 0.306 e. The highest BCUT2D eigenvalue weighted by Crippen LogP contribution is 2.18. The smallest absolute Gasteiger partial charge is 0.151 e. The van der Waals surface area contributed by atoms with Crippen LogP contribution >= 0.6 is 0 Å². The highest BCUT2D eigenvalue weighted by atomic mass is 32.2. The van der Waals surface area contributed by atoms with Gasteiger partial charge in [0.05, 0.1) is 17.7 Å². The second kappa shape index (κ2) is 5.32. The van der Waals surface area contributed by atoms with Crippen LogP contribution in [0.4, 0.5) is 4.39 Å². The van der Waals surface area contributed by atoms with E-state index >= 15 is 0 Å². The Morgan fingerprint density at radius 1 is 1.50 bits per heavy atom. The Hall–Kier alpha value is -1.01. The summed E-state index contributed by atoms with van der Waals surface area (Å²) in [6, 6.07) is 1.26. The van der Waals surface area contributed by atoms with Crippen LogP contribution in [0.25, 0.3) is 0 Å². The van der Waals surface area contributed by atoms with Crippen LogP contribution in [-0.2, 0) is 9.84 Å². The van der Waals surface area contributed by atoms with Gasteiger partial charge in [-0.2, -0.15) is 0 Å². The van der Waals surface area contributed by atoms with Crippen molar-refractivity contribution in [2.24, 2.45) is 0 Å². The zero-order chi connectivity index (χ0) is 13.2. The first-order valence-corrected chi connectivity index (χ1v) is 7.85. The van der Waals surface area contributed by atoms with Crippen LogP contribution < -0.4 is 5.32 Å². The summed E-state index contributed by atoms with van der Waals surface area (Å²) >= 11 is 0. The topological polar surface area (TPSA) is 59.1 Å². The zero-order valence-corrected chi connectivity index (χ0v) is 11.1. The van der Waals surface area contributed by atoms with Crippen LogP contribution in [0.15, 0.2) is 18.5 Å². The number of sulfone groups is 1. The molecule has 1 saturated heterocycles. The molecule has 0 aliphatic carbocycles. The van der Waals surface area contributed by atoms with Crippen molar-refractivity contribution in [2.45, 2.75) is 31.8 Å². The van der Waals surface area contributed by atoms with Gasteiger partial charge in [0.2, 0.25) is 0 Å². The number of rotatable bonds is 3. The lowest BCUT2D eigenvalue weighted by atomic mass is 10.1. The molecule has 0 bridgehead atoms. The SMILES string of the molecule is CC(NC1CCCS(=O)(=O)C1)c1cncc(F)c1. The van der Waals surface area contributed by atoms with Gasteiger partial charge in [-0.1, -0.05) is 0 Å². The van der Waals surface area contributed by atoms with Crippen molar-refractivity contribution in [1.29, 1.82) is 0 Å². The average molecular weight is 272 g/mol. The second-order valence-corrected chi connectivity index (χ2v) is 7.01. The van der Waals surface area contributed by atoms with Gasteiger partial charge in [-0.05, 0) is 31.4 Å². The van der Waals surface area contributed by atoms with Crippen LogP contribution in [0.2, 0.25) is 0 Å². The summed E-state index contributed by atoms with van der Waals surface area (Å²) in [6.45, 7) is 1.89. The summed E-state index contributed by atoms with van der Waals surface area (Å²) in [6.07, 6.45) is 4.28. The van der Waals surface area contributed by atoms with Crippen molar-refractivity contribution in [3.63, 3.8) is 0 Å². The van der Waals surface area contributed by atoms with E-state index in [0.29, 0.717) is 6.42 Å². The van der Waals surface area contributed by atoms with Crippen LogP contribution in [0.5, 0.6) is 0 Å². The van der Waals surface area contributed by atoms with Gasteiger partial charge in [0, 0.05) is 18.3 Å². The Balaban J connectivity index is 2.01. The second-order valence-electron chi connectivity index (χ2n) is 4.78. The van der Waals surface area contributed by atoms with Gasteiger partial charge in [-0.25, -0.2) is 12.8 Å². The van der Waals surface area contributed by atoms with Crippen molar-refractivity contribution >= 4 is 9.84 Å². The molecule has 1 aliphatic rings. The van der Waals surface area contributed by atoms with E-state index in [1.165, 1.54) is 6.07 Å². The molecular formula is C12H17FN2O2S. The van der Waals surface area contributed by atoms with Gasteiger partial charge in [-0.3, -0.25) is 4.98 Å². The molecule has 18 heavy (non-hydrogen) atoms. The normalized spacial score (nSPS) is 24.7. The average Bonchev–Trinajstić information content (AvgIpc) is 2.27. The molecule has 1 fully saturated rings. The summed E-state index contributed by atoms with van der Waals surface area (Å²) in [7, 11) is -2.92. The zero-order valence-electron chi connectivity index (χ0n) is 10.3. The van der Waals surface area contributed by atoms with Crippen LogP contribution in [-0.4, -0.2) is 30.9 Å². The predicted molar refractivity (Wildman–Crippen MR) is 67.4 cm³/mol. The molecule has 0 saturated carbocycles. The first-order valence-electron chi connectivity index (χ1n) is 6.03. The van der Waals surface area contributed by atoms with Gasteiger partial charge in [0.15, 0.2) is 9.84 Å². The molecule has 2 unspecified atom stereocenters. The number of aromatic nitrogens is 1. The van der Waals surface area contributed by atoms with Gasteiger partial charge in [0.25, 0.3) is 0 Å². The molecule has 0 spiro atoms. The Bertz CT molecular complexity index is 519. The first kappa shape index (κ1) is 13.4. The van der Waals surface area contributed by atoms with E-state index in [4.69, 9.17) is 0 Å². The molecule has 2 rings (SSSR count). The van der Waals surface area contributed by atoms with Crippen molar-refractivity contribution < 1.29 is 12.8 Å². The summed E-state index contributed by atoms with van der Waals surface area (Å²) in [5, 5.41) is 3.23. The van der Waals surface area contributed by atoms with E-state index in [9.17, 15) is 12.8 Å². The number of hydrogen-bond acceptors (Lipinski definition) is 4. The summed E-state index contributed by atoms with van der Waals surface area (Å²) in [5.41, 5.74) is 0.734. The van der Waals surface area contributed by atoms with Gasteiger partial charge in [-0.15, -0.1) is 0 Å². The highest BCUT2D eigenvalue weighted by molar-refractivity contribution is 7.91. The van der Waals surface area contributed by atoms with Crippen molar-refractivity contribution in [3.05, 3.63) is 29.8 Å². The Morgan fingerprint density at radius 2 is 2.28 bits per heavy atom. The van der Waals surface area contributed by atoms with Crippen LogP contribution in [0, 0.1) is 5.82 Å². The third kappa shape index (κ3) is 3.49. The summed E-state index contributed by atoms with van der Waals surface area (Å²) < 4.78 is 36.1. The molecular weight excluding hydrogens is 255 g/mol.